The molecule has 2 aliphatic rings. The normalized spacial score (nSPS) is 19.9. The third-order valence-electron chi connectivity index (χ3n) is 5.27. The Labute approximate surface area is 164 Å². The Morgan fingerprint density at radius 1 is 1.21 bits per heavy atom. The fourth-order valence-corrected chi connectivity index (χ4v) is 3.92. The summed E-state index contributed by atoms with van der Waals surface area (Å²) in [6.45, 7) is 6.11. The van der Waals surface area contributed by atoms with E-state index in [1.54, 1.807) is 0 Å². The van der Waals surface area contributed by atoms with Gasteiger partial charge in [-0.1, -0.05) is 19.3 Å². The molecule has 1 aliphatic heterocycles. The predicted molar refractivity (Wildman–Crippen MR) is 109 cm³/mol. The van der Waals surface area contributed by atoms with Gasteiger partial charge in [-0.05, 0) is 44.4 Å². The molecule has 0 unspecified atom stereocenters. The summed E-state index contributed by atoms with van der Waals surface area (Å²) in [6, 6.07) is 0. The van der Waals surface area contributed by atoms with Gasteiger partial charge in [0.05, 0.1) is 7.11 Å². The zero-order valence-electron chi connectivity index (χ0n) is 15.3. The summed E-state index contributed by atoms with van der Waals surface area (Å²) in [4.78, 5) is 18.3. The van der Waals surface area contributed by atoms with Gasteiger partial charge in [0.1, 0.15) is 0 Å². The van der Waals surface area contributed by atoms with Crippen LogP contribution in [0.1, 0.15) is 64.7 Å². The minimum Gasteiger partial charge on any atom is -0.469 e. The van der Waals surface area contributed by atoms with Crippen LogP contribution >= 0.6 is 24.0 Å². The smallest absolute Gasteiger partial charge is 0.305 e. The first-order valence-electron chi connectivity index (χ1n) is 9.29. The van der Waals surface area contributed by atoms with Crippen LogP contribution in [-0.4, -0.2) is 50.1 Å². The molecule has 0 atom stereocenters. The van der Waals surface area contributed by atoms with Crippen LogP contribution < -0.4 is 5.32 Å². The Bertz CT molecular complexity index is 409. The van der Waals surface area contributed by atoms with Gasteiger partial charge < -0.3 is 15.0 Å². The van der Waals surface area contributed by atoms with Crippen molar-refractivity contribution in [2.45, 2.75) is 64.7 Å². The Morgan fingerprint density at radius 2 is 1.96 bits per heavy atom. The van der Waals surface area contributed by atoms with Gasteiger partial charge in [0, 0.05) is 32.6 Å². The van der Waals surface area contributed by atoms with Gasteiger partial charge in [0.25, 0.3) is 0 Å². The van der Waals surface area contributed by atoms with Crippen LogP contribution in [0.15, 0.2) is 4.99 Å². The number of nitrogens with zero attached hydrogens (tertiary/aromatic N) is 2. The zero-order chi connectivity index (χ0) is 16.5. The van der Waals surface area contributed by atoms with Crippen molar-refractivity contribution < 1.29 is 9.53 Å². The van der Waals surface area contributed by atoms with Gasteiger partial charge in [-0.2, -0.15) is 0 Å². The summed E-state index contributed by atoms with van der Waals surface area (Å²) in [7, 11) is 1.44. The predicted octanol–water partition coefficient (Wildman–Crippen LogP) is 3.57. The standard InChI is InChI=1S/C18H33N3O2.HI/c1-3-19-17(20-13-8-5-9-16(22)23-2)21-14-12-18(15-21)10-6-4-7-11-18;/h3-15H2,1-2H3,(H,19,20);1H. The van der Waals surface area contributed by atoms with Gasteiger partial charge in [0.2, 0.25) is 0 Å². The Hall–Kier alpha value is -0.530. The molecule has 1 saturated carbocycles. The van der Waals surface area contributed by atoms with Crippen LogP contribution in [-0.2, 0) is 9.53 Å². The number of carbonyl (C=O) groups is 1. The van der Waals surface area contributed by atoms with E-state index in [1.165, 1.54) is 52.2 Å². The molecular formula is C18H34IN3O2. The van der Waals surface area contributed by atoms with E-state index >= 15 is 0 Å². The molecule has 1 heterocycles. The molecule has 5 nitrogen and oxygen atoms in total. The number of esters is 1. The molecule has 0 aromatic carbocycles. The van der Waals surface area contributed by atoms with Crippen LogP contribution in [0.5, 0.6) is 0 Å². The molecule has 0 radical (unpaired) electrons. The summed E-state index contributed by atoms with van der Waals surface area (Å²) in [5.41, 5.74) is 0.555. The molecule has 0 bridgehead atoms. The molecule has 0 aromatic rings. The zero-order valence-corrected chi connectivity index (χ0v) is 17.6. The van der Waals surface area contributed by atoms with Crippen molar-refractivity contribution in [2.24, 2.45) is 10.4 Å². The molecule has 2 fully saturated rings. The maximum Gasteiger partial charge on any atom is 0.305 e. The van der Waals surface area contributed by atoms with Gasteiger partial charge in [-0.15, -0.1) is 24.0 Å². The number of aliphatic imine (C=N–C) groups is 1. The van der Waals surface area contributed by atoms with E-state index in [4.69, 9.17) is 4.99 Å². The molecule has 1 N–H and O–H groups in total. The average Bonchev–Trinajstić information content (AvgIpc) is 2.97. The molecule has 1 spiro atoms. The number of ether oxygens (including phenoxy) is 1. The molecule has 1 aliphatic carbocycles. The molecule has 1 saturated heterocycles. The van der Waals surface area contributed by atoms with Crippen molar-refractivity contribution in [2.75, 3.05) is 33.3 Å². The molecule has 2 rings (SSSR count). The van der Waals surface area contributed by atoms with E-state index in [0.717, 1.165) is 38.4 Å². The monoisotopic (exact) mass is 451 g/mol. The Morgan fingerprint density at radius 3 is 2.62 bits per heavy atom. The number of hydrogen-bond acceptors (Lipinski definition) is 3. The summed E-state index contributed by atoms with van der Waals surface area (Å²) < 4.78 is 4.67. The number of nitrogens with one attached hydrogen (secondary N) is 1. The highest BCUT2D eigenvalue weighted by Crippen LogP contribution is 2.43. The lowest BCUT2D eigenvalue weighted by Gasteiger charge is -2.33. The topological polar surface area (TPSA) is 53.9 Å². The number of hydrogen-bond donors (Lipinski definition) is 1. The summed E-state index contributed by atoms with van der Waals surface area (Å²) in [6.07, 6.45) is 10.6. The molecule has 6 heteroatoms. The first-order valence-corrected chi connectivity index (χ1v) is 9.29. The van der Waals surface area contributed by atoms with Gasteiger partial charge in [-0.25, -0.2) is 0 Å². The molecule has 24 heavy (non-hydrogen) atoms. The minimum atomic E-state index is -0.125. The minimum absolute atomic E-state index is 0. The number of likely N-dealkylation sites (tertiary alicyclic amines) is 1. The van der Waals surface area contributed by atoms with Crippen LogP contribution in [0.3, 0.4) is 0 Å². The quantitative estimate of drug-likeness (QED) is 0.221. The van der Waals surface area contributed by atoms with Crippen molar-refractivity contribution >= 4 is 35.9 Å². The van der Waals surface area contributed by atoms with Crippen LogP contribution in [0.2, 0.25) is 0 Å². The maximum absolute atomic E-state index is 11.1. The third-order valence-corrected chi connectivity index (χ3v) is 5.27. The number of guanidine groups is 1. The third kappa shape index (κ3) is 6.41. The van der Waals surface area contributed by atoms with E-state index in [2.05, 4.69) is 21.9 Å². The lowest BCUT2D eigenvalue weighted by atomic mass is 9.73. The highest BCUT2D eigenvalue weighted by atomic mass is 127. The van der Waals surface area contributed by atoms with Crippen molar-refractivity contribution in [1.29, 1.82) is 0 Å². The lowest BCUT2D eigenvalue weighted by molar-refractivity contribution is -0.140. The SMILES string of the molecule is CCNC(=NCCCCC(=O)OC)N1CCC2(CCCCC2)C1.I. The average molecular weight is 451 g/mol. The Balaban J connectivity index is 0.00000288. The fourth-order valence-electron chi connectivity index (χ4n) is 3.92. The number of unbranched alkanes of at least 4 members (excludes halogenated alkanes) is 1. The van der Waals surface area contributed by atoms with E-state index in [-0.39, 0.29) is 29.9 Å². The van der Waals surface area contributed by atoms with Crippen molar-refractivity contribution in [3.05, 3.63) is 0 Å². The number of halogens is 1. The van der Waals surface area contributed by atoms with E-state index < -0.39 is 0 Å². The van der Waals surface area contributed by atoms with Gasteiger partial charge in [-0.3, -0.25) is 9.79 Å². The number of rotatable bonds is 6. The number of methoxy groups -OCH3 is 1. The summed E-state index contributed by atoms with van der Waals surface area (Å²) in [5, 5.41) is 3.44. The van der Waals surface area contributed by atoms with Gasteiger partial charge >= 0.3 is 5.97 Å². The highest BCUT2D eigenvalue weighted by molar-refractivity contribution is 14.0. The second kappa shape index (κ2) is 11.2. The molecule has 0 amide bonds. The van der Waals surface area contributed by atoms with Crippen LogP contribution in [0.25, 0.3) is 0 Å². The molecule has 140 valence electrons. The molecular weight excluding hydrogens is 417 g/mol. The maximum atomic E-state index is 11.1. The van der Waals surface area contributed by atoms with E-state index in [1.807, 2.05) is 0 Å². The first-order chi connectivity index (χ1) is 11.2. The van der Waals surface area contributed by atoms with E-state index in [9.17, 15) is 4.79 Å². The lowest BCUT2D eigenvalue weighted by Crippen LogP contribution is -2.41. The number of carbonyl (C=O) groups excluding carboxylic acids is 1. The summed E-state index contributed by atoms with van der Waals surface area (Å²) in [5.74, 6) is 0.938. The van der Waals surface area contributed by atoms with Crippen LogP contribution in [0, 0.1) is 5.41 Å². The molecule has 0 aromatic heterocycles. The van der Waals surface area contributed by atoms with E-state index in [0.29, 0.717) is 11.8 Å². The second-order valence-corrected chi connectivity index (χ2v) is 7.00. The van der Waals surface area contributed by atoms with Crippen molar-refractivity contribution in [3.63, 3.8) is 0 Å². The largest absolute Gasteiger partial charge is 0.469 e. The second-order valence-electron chi connectivity index (χ2n) is 7.00. The van der Waals surface area contributed by atoms with Crippen molar-refractivity contribution in [1.82, 2.24) is 10.2 Å². The van der Waals surface area contributed by atoms with Crippen molar-refractivity contribution in [3.8, 4) is 0 Å². The highest BCUT2D eigenvalue weighted by Gasteiger charge is 2.39. The fraction of sp³-hybridized carbons (Fsp3) is 0.889. The first kappa shape index (κ1) is 21.5. The summed E-state index contributed by atoms with van der Waals surface area (Å²) >= 11 is 0. The van der Waals surface area contributed by atoms with Crippen LogP contribution in [0.4, 0.5) is 0 Å². The van der Waals surface area contributed by atoms with Gasteiger partial charge in [0.15, 0.2) is 5.96 Å². The Kier molecular flexibility index (Phi) is 10.0.